The molecular formula is C14H9BrClF3O2. The van der Waals surface area contributed by atoms with Crippen molar-refractivity contribution < 1.29 is 23.0 Å². The van der Waals surface area contributed by atoms with Crippen LogP contribution in [0.25, 0.3) is 0 Å². The van der Waals surface area contributed by atoms with Gasteiger partial charge >= 0.3 is 6.36 Å². The van der Waals surface area contributed by atoms with Gasteiger partial charge < -0.3 is 9.84 Å². The minimum atomic E-state index is -4.84. The van der Waals surface area contributed by atoms with E-state index in [1.165, 1.54) is 30.3 Å². The second-order valence-corrected chi connectivity index (χ2v) is 5.48. The highest BCUT2D eigenvalue weighted by Gasteiger charge is 2.33. The molecule has 0 aliphatic rings. The molecule has 0 spiro atoms. The first-order chi connectivity index (χ1) is 9.78. The van der Waals surface area contributed by atoms with Crippen molar-refractivity contribution in [2.75, 3.05) is 0 Å². The van der Waals surface area contributed by atoms with E-state index >= 15 is 0 Å². The molecule has 0 aromatic heterocycles. The normalized spacial score (nSPS) is 13.0. The number of hydrogen-bond donors (Lipinski definition) is 1. The van der Waals surface area contributed by atoms with Crippen LogP contribution in [0.2, 0.25) is 5.02 Å². The number of para-hydroxylation sites is 1. The summed E-state index contributed by atoms with van der Waals surface area (Å²) in [5.74, 6) is -0.464. The topological polar surface area (TPSA) is 29.5 Å². The van der Waals surface area contributed by atoms with Gasteiger partial charge in [-0.15, -0.1) is 13.2 Å². The Kier molecular flexibility index (Phi) is 4.81. The van der Waals surface area contributed by atoms with Crippen LogP contribution in [-0.2, 0) is 0 Å². The van der Waals surface area contributed by atoms with Crippen LogP contribution in [0.15, 0.2) is 46.9 Å². The van der Waals surface area contributed by atoms with Crippen molar-refractivity contribution in [1.82, 2.24) is 0 Å². The van der Waals surface area contributed by atoms with Crippen molar-refractivity contribution in [3.63, 3.8) is 0 Å². The SMILES string of the molecule is OC(c1cc(Br)ccc1Cl)c1ccccc1OC(F)(F)F. The summed E-state index contributed by atoms with van der Waals surface area (Å²) < 4.78 is 41.8. The molecule has 2 rings (SSSR count). The molecule has 0 saturated heterocycles. The first-order valence-electron chi connectivity index (χ1n) is 5.75. The molecule has 1 unspecified atom stereocenters. The fraction of sp³-hybridized carbons (Fsp3) is 0.143. The average Bonchev–Trinajstić information content (AvgIpc) is 2.39. The number of aliphatic hydroxyl groups excluding tert-OH is 1. The molecule has 0 aliphatic carbocycles. The van der Waals surface area contributed by atoms with Crippen LogP contribution in [0.4, 0.5) is 13.2 Å². The minimum Gasteiger partial charge on any atom is -0.405 e. The van der Waals surface area contributed by atoms with E-state index < -0.39 is 18.2 Å². The third-order valence-corrected chi connectivity index (χ3v) is 3.53. The number of ether oxygens (including phenoxy) is 1. The number of halogens is 5. The Morgan fingerprint density at radius 1 is 1.10 bits per heavy atom. The van der Waals surface area contributed by atoms with Gasteiger partial charge in [-0.3, -0.25) is 0 Å². The highest BCUT2D eigenvalue weighted by Crippen LogP contribution is 2.36. The smallest absolute Gasteiger partial charge is 0.405 e. The summed E-state index contributed by atoms with van der Waals surface area (Å²) in [7, 11) is 0. The van der Waals surface area contributed by atoms with E-state index in [1.54, 1.807) is 6.07 Å². The van der Waals surface area contributed by atoms with Gasteiger partial charge in [0.2, 0.25) is 0 Å². The third kappa shape index (κ3) is 4.12. The van der Waals surface area contributed by atoms with E-state index in [1.807, 2.05) is 0 Å². The summed E-state index contributed by atoms with van der Waals surface area (Å²) in [4.78, 5) is 0. The predicted octanol–water partition coefficient (Wildman–Crippen LogP) is 5.08. The summed E-state index contributed by atoms with van der Waals surface area (Å²) in [5, 5.41) is 10.6. The number of benzene rings is 2. The Bertz CT molecular complexity index is 646. The highest BCUT2D eigenvalue weighted by atomic mass is 79.9. The van der Waals surface area contributed by atoms with E-state index in [-0.39, 0.29) is 16.1 Å². The third-order valence-electron chi connectivity index (χ3n) is 2.69. The largest absolute Gasteiger partial charge is 0.573 e. The van der Waals surface area contributed by atoms with Gasteiger partial charge in [0.05, 0.1) is 0 Å². The molecule has 2 aromatic carbocycles. The summed E-state index contributed by atoms with van der Waals surface area (Å²) in [6.07, 6.45) is -6.18. The van der Waals surface area contributed by atoms with Gasteiger partial charge in [-0.25, -0.2) is 0 Å². The molecule has 112 valence electrons. The van der Waals surface area contributed by atoms with Crippen LogP contribution < -0.4 is 4.74 Å². The summed E-state index contributed by atoms with van der Waals surface area (Å²) in [6, 6.07) is 10.1. The quantitative estimate of drug-likeness (QED) is 0.803. The molecule has 0 saturated carbocycles. The molecule has 21 heavy (non-hydrogen) atoms. The second kappa shape index (κ2) is 6.25. The van der Waals surface area contributed by atoms with Gasteiger partial charge in [0.25, 0.3) is 0 Å². The molecule has 0 aliphatic heterocycles. The van der Waals surface area contributed by atoms with Gasteiger partial charge in [0, 0.05) is 20.6 Å². The fourth-order valence-electron chi connectivity index (χ4n) is 1.82. The Hall–Kier alpha value is -1.24. The van der Waals surface area contributed by atoms with Gasteiger partial charge in [0.15, 0.2) is 0 Å². The van der Waals surface area contributed by atoms with Crippen LogP contribution in [0.5, 0.6) is 5.75 Å². The molecule has 2 nitrogen and oxygen atoms in total. The Balaban J connectivity index is 2.44. The lowest BCUT2D eigenvalue weighted by atomic mass is 10.0. The molecule has 1 N–H and O–H groups in total. The summed E-state index contributed by atoms with van der Waals surface area (Å²) in [6.45, 7) is 0. The lowest BCUT2D eigenvalue weighted by Crippen LogP contribution is -2.19. The Morgan fingerprint density at radius 3 is 2.43 bits per heavy atom. The zero-order valence-corrected chi connectivity index (χ0v) is 12.7. The van der Waals surface area contributed by atoms with E-state index in [9.17, 15) is 18.3 Å². The first-order valence-corrected chi connectivity index (χ1v) is 6.93. The lowest BCUT2D eigenvalue weighted by Gasteiger charge is -2.18. The number of hydrogen-bond acceptors (Lipinski definition) is 2. The van der Waals surface area contributed by atoms with Gasteiger partial charge in [-0.1, -0.05) is 45.7 Å². The number of aliphatic hydroxyl groups is 1. The Morgan fingerprint density at radius 2 is 1.76 bits per heavy atom. The van der Waals surface area contributed by atoms with Gasteiger partial charge in [0.1, 0.15) is 11.9 Å². The van der Waals surface area contributed by atoms with Crippen molar-refractivity contribution in [3.8, 4) is 5.75 Å². The van der Waals surface area contributed by atoms with Crippen LogP contribution in [0.3, 0.4) is 0 Å². The van der Waals surface area contributed by atoms with Crippen LogP contribution in [-0.4, -0.2) is 11.5 Å². The monoisotopic (exact) mass is 380 g/mol. The van der Waals surface area contributed by atoms with Gasteiger partial charge in [-0.05, 0) is 24.3 Å². The zero-order valence-electron chi connectivity index (χ0n) is 10.4. The fourth-order valence-corrected chi connectivity index (χ4v) is 2.42. The molecule has 0 amide bonds. The Labute approximate surface area is 132 Å². The molecular weight excluding hydrogens is 373 g/mol. The molecule has 0 heterocycles. The summed E-state index contributed by atoms with van der Waals surface area (Å²) >= 11 is 9.21. The van der Waals surface area contributed by atoms with Crippen LogP contribution >= 0.6 is 27.5 Å². The van der Waals surface area contributed by atoms with E-state index in [0.717, 1.165) is 6.07 Å². The second-order valence-electron chi connectivity index (χ2n) is 4.15. The standard InChI is InChI=1S/C14H9BrClF3O2/c15-8-5-6-11(16)10(7-8)13(20)9-3-1-2-4-12(9)21-14(17,18)19/h1-7,13,20H. The molecule has 7 heteroatoms. The van der Waals surface area contributed by atoms with Crippen molar-refractivity contribution in [2.45, 2.75) is 12.5 Å². The zero-order chi connectivity index (χ0) is 15.6. The first kappa shape index (κ1) is 16.1. The molecule has 2 aromatic rings. The lowest BCUT2D eigenvalue weighted by molar-refractivity contribution is -0.275. The maximum atomic E-state index is 12.4. The van der Waals surface area contributed by atoms with E-state index in [2.05, 4.69) is 20.7 Å². The maximum absolute atomic E-state index is 12.4. The summed E-state index contributed by atoms with van der Waals surface area (Å²) in [5.41, 5.74) is 0.263. The van der Waals surface area contributed by atoms with Crippen molar-refractivity contribution >= 4 is 27.5 Å². The molecule has 0 fully saturated rings. The van der Waals surface area contributed by atoms with Crippen molar-refractivity contribution in [2.24, 2.45) is 0 Å². The number of rotatable bonds is 3. The van der Waals surface area contributed by atoms with Crippen LogP contribution in [0, 0.1) is 0 Å². The number of alkyl halides is 3. The minimum absolute atomic E-state index is 0.0187. The highest BCUT2D eigenvalue weighted by molar-refractivity contribution is 9.10. The molecule has 0 radical (unpaired) electrons. The average molecular weight is 382 g/mol. The molecule has 1 atom stereocenters. The van der Waals surface area contributed by atoms with Crippen molar-refractivity contribution in [1.29, 1.82) is 0 Å². The van der Waals surface area contributed by atoms with Crippen LogP contribution in [0.1, 0.15) is 17.2 Å². The molecule has 0 bridgehead atoms. The maximum Gasteiger partial charge on any atom is 0.573 e. The van der Waals surface area contributed by atoms with Crippen molar-refractivity contribution in [3.05, 3.63) is 63.1 Å². The predicted molar refractivity (Wildman–Crippen MR) is 76.3 cm³/mol. The van der Waals surface area contributed by atoms with E-state index in [0.29, 0.717) is 4.47 Å². The van der Waals surface area contributed by atoms with Gasteiger partial charge in [-0.2, -0.15) is 0 Å². The van der Waals surface area contributed by atoms with E-state index in [4.69, 9.17) is 11.6 Å².